The van der Waals surface area contributed by atoms with Gasteiger partial charge in [-0.05, 0) is 229 Å². The second kappa shape index (κ2) is 37.2. The number of nitrogens with zero attached hydrogens (tertiary/aromatic N) is 1. The van der Waals surface area contributed by atoms with Crippen molar-refractivity contribution in [2.75, 3.05) is 14.2 Å². The number of aliphatic hydroxyl groups is 2. The number of carbonyl (C=O) groups excluding carboxylic acids is 2. The smallest absolute Gasteiger partial charge is 1.00 e. The molecule has 2 aromatic carbocycles. The van der Waals surface area contributed by atoms with E-state index in [0.29, 0.717) is 40.3 Å². The number of fused-ring (bicyclic) bond motifs is 10. The van der Waals surface area contributed by atoms with Gasteiger partial charge in [0.1, 0.15) is 0 Å². The van der Waals surface area contributed by atoms with Crippen LogP contribution in [0.4, 0.5) is 0 Å². The monoisotopic (exact) mass is 1310 g/mol. The third-order valence-electron chi connectivity index (χ3n) is 28.0. The van der Waals surface area contributed by atoms with Crippen LogP contribution in [-0.2, 0) is 9.63 Å². The number of Topliss-reactive ketones (excluding diaryl/α,β-unsaturated/α-hetero) is 1. The van der Waals surface area contributed by atoms with Crippen LogP contribution in [0.15, 0.2) is 36.4 Å². The largest absolute Gasteiger partial charge is 2.00 e. The minimum atomic E-state index is -1.07. The number of hydroxylamine groups is 2. The first kappa shape index (κ1) is 91.9. The van der Waals surface area contributed by atoms with Crippen LogP contribution >= 0.6 is 0 Å². The first-order valence-electron chi connectivity index (χ1n) is 36.5. The first-order chi connectivity index (χ1) is 44.5. The summed E-state index contributed by atoms with van der Waals surface area (Å²) in [7, 11) is 99.7. The molecule has 99 heavy (non-hydrogen) atoms. The summed E-state index contributed by atoms with van der Waals surface area (Å²) < 4.78 is 0. The van der Waals surface area contributed by atoms with E-state index in [1.165, 1.54) is 104 Å². The Morgan fingerprint density at radius 1 is 0.465 bits per heavy atom. The summed E-state index contributed by atoms with van der Waals surface area (Å²) in [4.78, 5) is 31.8. The molecule has 2 N–H and O–H groups in total. The Balaban J connectivity index is 0.000000294. The number of halogens is 1. The van der Waals surface area contributed by atoms with Crippen LogP contribution in [0.5, 0.6) is 0 Å². The van der Waals surface area contributed by atoms with Crippen molar-refractivity contribution in [3.8, 4) is 0 Å². The molecule has 8 fully saturated rings. The predicted octanol–water partition coefficient (Wildman–Crippen LogP) is -0.749. The van der Waals surface area contributed by atoms with Gasteiger partial charge in [-0.1, -0.05) is 61.1 Å². The summed E-state index contributed by atoms with van der Waals surface area (Å²) >= 11 is 0. The van der Waals surface area contributed by atoms with E-state index in [2.05, 4.69) is 92.6 Å². The Hall–Kier alpha value is 0.464. The molecule has 8 aliphatic rings. The van der Waals surface area contributed by atoms with Crippen molar-refractivity contribution in [2.45, 2.75) is 203 Å². The van der Waals surface area contributed by atoms with Gasteiger partial charge in [0.05, 0.1) is 18.3 Å². The molecule has 38 heteroatoms. The zero-order valence-corrected chi connectivity index (χ0v) is 64.1. The van der Waals surface area contributed by atoms with Crippen LogP contribution in [0.2, 0.25) is 0 Å². The Kier molecular flexibility index (Phi) is 34.6. The van der Waals surface area contributed by atoms with Crippen molar-refractivity contribution in [3.05, 3.63) is 70.3 Å². The summed E-state index contributed by atoms with van der Waals surface area (Å²) in [6.07, 6.45) is 7.10. The predicted molar refractivity (Wildman–Crippen MR) is 452 cm³/mol. The minimum Gasteiger partial charge on any atom is -1.00 e. The Bertz CT molecular complexity index is 2780. The van der Waals surface area contributed by atoms with Crippen LogP contribution in [-0.4, -0.2) is 289 Å². The average molecular weight is 1310 g/mol. The van der Waals surface area contributed by atoms with Crippen molar-refractivity contribution >= 4 is 248 Å². The molecule has 0 bridgehead atoms. The van der Waals surface area contributed by atoms with Gasteiger partial charge in [0.25, 0.3) is 0 Å². The number of hydrogen-bond donors (Lipinski definition) is 2. The topological polar surface area (TPSA) is 87.1 Å². The van der Waals surface area contributed by atoms with E-state index in [-0.39, 0.29) is 71.5 Å². The van der Waals surface area contributed by atoms with Crippen molar-refractivity contribution in [1.29, 1.82) is 0 Å². The zero-order chi connectivity index (χ0) is 71.9. The fourth-order valence-corrected chi connectivity index (χ4v) is 22.3. The maximum absolute atomic E-state index is 13.7. The van der Waals surface area contributed by atoms with Gasteiger partial charge in [-0.15, -0.1) is 0 Å². The van der Waals surface area contributed by atoms with Crippen LogP contribution in [0.1, 0.15) is 197 Å². The van der Waals surface area contributed by atoms with E-state index < -0.39 is 101 Å². The second-order valence-electron chi connectivity index (χ2n) is 33.8. The molecule has 2 aromatic rings. The molecule has 10 rings (SSSR count). The molecule has 0 aliphatic heterocycles. The number of amides is 1. The molecule has 472 valence electrons. The van der Waals surface area contributed by atoms with Crippen molar-refractivity contribution < 1.29 is 37.0 Å². The number of carbonyl (C=O) groups is 2. The van der Waals surface area contributed by atoms with Gasteiger partial charge in [0, 0.05) is 238 Å². The third-order valence-corrected chi connectivity index (χ3v) is 28.0. The molecule has 8 aliphatic carbocycles. The summed E-state index contributed by atoms with van der Waals surface area (Å²) in [5.74, 6) is 6.72. The molecule has 0 saturated heterocycles. The molecule has 16 atom stereocenters. The maximum atomic E-state index is 13.7. The minimum absolute atomic E-state index is 0. The second-order valence-corrected chi connectivity index (χ2v) is 33.8. The summed E-state index contributed by atoms with van der Waals surface area (Å²) in [5, 5.41) is 22.8. The normalized spacial score (nSPS) is 32.4. The third kappa shape index (κ3) is 19.9. The number of aryl methyl sites for hydroxylation is 4. The van der Waals surface area contributed by atoms with Gasteiger partial charge in [0.15, 0.2) is 5.78 Å². The molecular weight excluding hydrogens is 1210 g/mol. The average Bonchev–Trinajstić information content (AvgIpc) is 1.68. The van der Waals surface area contributed by atoms with Gasteiger partial charge in [-0.3, -0.25) is 14.4 Å². The van der Waals surface area contributed by atoms with Crippen LogP contribution in [0, 0.1) is 115 Å². The Morgan fingerprint density at radius 2 is 0.818 bits per heavy atom. The Labute approximate surface area is 653 Å². The summed E-state index contributed by atoms with van der Waals surface area (Å²) in [5.41, 5.74) is 6.24. The van der Waals surface area contributed by atoms with Crippen molar-refractivity contribution in [3.63, 3.8) is 0 Å². The van der Waals surface area contributed by atoms with E-state index >= 15 is 0 Å². The fourth-order valence-electron chi connectivity index (χ4n) is 22.3. The van der Waals surface area contributed by atoms with E-state index in [4.69, 9.17) is 129 Å². The molecule has 0 spiro atoms. The van der Waals surface area contributed by atoms with E-state index in [1.807, 2.05) is 19.1 Å². The molecular formula is C61H94B30ClMgNO5. The van der Waals surface area contributed by atoms with Crippen LogP contribution in [0.25, 0.3) is 0 Å². The van der Waals surface area contributed by atoms with E-state index in [9.17, 15) is 19.8 Å². The zero-order valence-electron chi connectivity index (χ0n) is 61.9. The number of benzene rings is 2. The van der Waals surface area contributed by atoms with E-state index in [1.54, 1.807) is 14.2 Å². The molecule has 1 amide bonds. The van der Waals surface area contributed by atoms with Crippen molar-refractivity contribution in [1.82, 2.24) is 5.06 Å². The number of ketones is 1. The van der Waals surface area contributed by atoms with Crippen LogP contribution < -0.4 is 12.4 Å². The molecule has 0 unspecified atom stereocenters. The molecule has 0 heterocycles. The molecule has 8 saturated carbocycles. The first-order valence-corrected chi connectivity index (χ1v) is 36.5. The SMILES string of the molecule is C.CON(C)C(=O)[C@H]1CC[C@H]2[C@@H]3CC[C@H]4C[C@](C)(O)CC[C@]4(C)[C@H]3CC[C@]12C.Cc1c[c-]ccc1C.Cc1ccc(C(=O)[C@H]2CC[C@H]3[C@@H]4CC[C@H]5C[C@](C)(O)CC[C@]5(C)[C@H]4CC[C@]23C)cc1C.[B]B([B])B(B([B])[B])B(B(B([B])[B])B([B])[B])B(B(B([B])[B])B([B])[B])B(B([B])[B])B([B])[B].[Cl-].[Mg+2]. The van der Waals surface area contributed by atoms with Crippen LogP contribution in [0.3, 0.4) is 0 Å². The standard InChI is InChI=1S/C29H42O2.C23H39NO3.C8H9.CH4.B30.ClH.Mg/c1-18-6-7-20(16-19(18)2)26(30)25-11-10-23-22-9-8-21-17-27(3,31)14-15-28(21,4)24(22)12-13-29(23,25)5;1-21(26)12-13-22(2)15(14-21)6-7-16-17-8-9-19(20(25)24(4)27-5)23(17,3)11-10-18(16)22;1-7-5-3-4-6-8(7)2;;1-17(2)25(18(3)4)29(26(19(5)6)20(7)8)30(27(21(9)10)22(11)12)28(23(13)14)24(15)16;;/h6-7,16,21-25,31H,8-15,17H2,1-5H3;15-19,26H,6-14H2,1-5H3;3,5-6H,1-2H3;1H4;;1H;/q;;-1;;;;+2/p-1/t21-,22-,23-,24-,25+,27+,28-,29-;15-,16-,17-,18-,19+,21+,22-,23-;;;;;/m00...../s1. The van der Waals surface area contributed by atoms with E-state index in [0.717, 1.165) is 67.8 Å². The maximum Gasteiger partial charge on any atom is 2.00 e. The summed E-state index contributed by atoms with van der Waals surface area (Å²) in [6.45, 7) is 22.5. The van der Waals surface area contributed by atoms with Gasteiger partial charge in [0.2, 0.25) is 5.91 Å². The Morgan fingerprint density at radius 3 is 1.15 bits per heavy atom. The number of rotatable bonds is 17. The molecule has 0 aromatic heterocycles. The van der Waals surface area contributed by atoms with Crippen molar-refractivity contribution in [2.24, 2.45) is 80.8 Å². The quantitative estimate of drug-likeness (QED) is 0.0945. The fraction of sp³-hybridized carbons (Fsp3) is 0.770. The molecule has 32 radical (unpaired) electrons. The number of hydrogen-bond acceptors (Lipinski definition) is 5. The van der Waals surface area contributed by atoms with Gasteiger partial charge >= 0.3 is 23.1 Å². The van der Waals surface area contributed by atoms with Gasteiger partial charge in [-0.25, -0.2) is 5.06 Å². The summed E-state index contributed by atoms with van der Waals surface area (Å²) in [6, 6.07) is 15.3. The van der Waals surface area contributed by atoms with Gasteiger partial charge in [-0.2, -0.15) is 35.4 Å². The van der Waals surface area contributed by atoms with Gasteiger partial charge < -0.3 is 22.6 Å². The molecule has 6 nitrogen and oxygen atoms in total.